The first kappa shape index (κ1) is 10.4. The van der Waals surface area contributed by atoms with Gasteiger partial charge >= 0.3 is 0 Å². The van der Waals surface area contributed by atoms with E-state index >= 15 is 0 Å². The van der Waals surface area contributed by atoms with E-state index in [4.69, 9.17) is 10.5 Å². The molecule has 0 amide bonds. The van der Waals surface area contributed by atoms with E-state index in [2.05, 4.69) is 9.97 Å². The fourth-order valence-corrected chi connectivity index (χ4v) is 1.97. The minimum absolute atomic E-state index is 0.398. The number of nitrogens with two attached hydrogens (primary N) is 1. The molecule has 0 saturated heterocycles. The number of ether oxygens (including phenoxy) is 1. The van der Waals surface area contributed by atoms with Crippen LogP contribution in [-0.4, -0.2) is 16.1 Å². The normalized spacial score (nSPS) is 17.1. The third-order valence-corrected chi connectivity index (χ3v) is 2.67. The standard InChI is InChI=1S/C11H17N3O/c1-8-6-10(12)14-11(13-8)7-15-9-4-2-3-5-9/h6,9H,2-5,7H2,1H3,(H2,12,13,14). The van der Waals surface area contributed by atoms with Crippen molar-refractivity contribution in [3.05, 3.63) is 17.6 Å². The molecule has 2 rings (SSSR count). The predicted octanol–water partition coefficient (Wildman–Crippen LogP) is 1.83. The molecular weight excluding hydrogens is 190 g/mol. The van der Waals surface area contributed by atoms with Crippen LogP contribution in [0.2, 0.25) is 0 Å². The smallest absolute Gasteiger partial charge is 0.156 e. The highest BCUT2D eigenvalue weighted by Crippen LogP contribution is 2.21. The summed E-state index contributed by atoms with van der Waals surface area (Å²) in [5.74, 6) is 1.21. The molecule has 2 N–H and O–H groups in total. The Morgan fingerprint density at radius 3 is 2.80 bits per heavy atom. The van der Waals surface area contributed by atoms with E-state index in [1.54, 1.807) is 6.07 Å². The van der Waals surface area contributed by atoms with Crippen LogP contribution in [0.15, 0.2) is 6.07 Å². The average molecular weight is 207 g/mol. The zero-order chi connectivity index (χ0) is 10.7. The Morgan fingerprint density at radius 1 is 1.40 bits per heavy atom. The van der Waals surface area contributed by atoms with Crippen molar-refractivity contribution in [2.24, 2.45) is 0 Å². The van der Waals surface area contributed by atoms with E-state index < -0.39 is 0 Å². The van der Waals surface area contributed by atoms with Gasteiger partial charge < -0.3 is 10.5 Å². The van der Waals surface area contributed by atoms with Gasteiger partial charge in [0.2, 0.25) is 0 Å². The maximum Gasteiger partial charge on any atom is 0.156 e. The number of nitrogens with zero attached hydrogens (tertiary/aromatic N) is 2. The topological polar surface area (TPSA) is 61.0 Å². The lowest BCUT2D eigenvalue weighted by molar-refractivity contribution is 0.0417. The van der Waals surface area contributed by atoms with Crippen molar-refractivity contribution in [3.63, 3.8) is 0 Å². The third kappa shape index (κ3) is 2.89. The van der Waals surface area contributed by atoms with Crippen LogP contribution in [0, 0.1) is 6.92 Å². The summed E-state index contributed by atoms with van der Waals surface area (Å²) >= 11 is 0. The first-order chi connectivity index (χ1) is 7.24. The predicted molar refractivity (Wildman–Crippen MR) is 58.2 cm³/mol. The van der Waals surface area contributed by atoms with Gasteiger partial charge in [-0.3, -0.25) is 0 Å². The highest BCUT2D eigenvalue weighted by molar-refractivity contribution is 5.28. The lowest BCUT2D eigenvalue weighted by atomic mass is 10.3. The van der Waals surface area contributed by atoms with E-state index in [-0.39, 0.29) is 0 Å². The van der Waals surface area contributed by atoms with Crippen molar-refractivity contribution in [2.45, 2.75) is 45.3 Å². The molecule has 82 valence electrons. The van der Waals surface area contributed by atoms with Gasteiger partial charge in [0.05, 0.1) is 6.10 Å². The summed E-state index contributed by atoms with van der Waals surface area (Å²) in [6, 6.07) is 1.76. The fourth-order valence-electron chi connectivity index (χ4n) is 1.97. The number of aromatic nitrogens is 2. The van der Waals surface area contributed by atoms with Crippen LogP contribution in [0.3, 0.4) is 0 Å². The van der Waals surface area contributed by atoms with Gasteiger partial charge in [-0.05, 0) is 19.8 Å². The van der Waals surface area contributed by atoms with Gasteiger partial charge in [0.25, 0.3) is 0 Å². The summed E-state index contributed by atoms with van der Waals surface area (Å²) in [4.78, 5) is 8.42. The van der Waals surface area contributed by atoms with Crippen molar-refractivity contribution in [3.8, 4) is 0 Å². The first-order valence-electron chi connectivity index (χ1n) is 5.45. The minimum atomic E-state index is 0.398. The Bertz CT molecular complexity index is 314. The van der Waals surface area contributed by atoms with Crippen LogP contribution in [0.25, 0.3) is 0 Å². The van der Waals surface area contributed by atoms with Crippen LogP contribution < -0.4 is 5.73 Å². The molecule has 0 spiro atoms. The van der Waals surface area contributed by atoms with Crippen molar-refractivity contribution < 1.29 is 4.74 Å². The Balaban J connectivity index is 1.92. The lowest BCUT2D eigenvalue weighted by Gasteiger charge is -2.10. The van der Waals surface area contributed by atoms with Gasteiger partial charge in [0.15, 0.2) is 5.82 Å². The molecule has 0 aliphatic heterocycles. The molecule has 4 nitrogen and oxygen atoms in total. The molecular formula is C11H17N3O. The monoisotopic (exact) mass is 207 g/mol. The van der Waals surface area contributed by atoms with Gasteiger partial charge in [-0.25, -0.2) is 9.97 Å². The molecule has 0 aromatic carbocycles. The second-order valence-corrected chi connectivity index (χ2v) is 4.07. The number of rotatable bonds is 3. The molecule has 0 bridgehead atoms. The van der Waals surface area contributed by atoms with Gasteiger partial charge in [-0.15, -0.1) is 0 Å². The summed E-state index contributed by atoms with van der Waals surface area (Å²) in [6.07, 6.45) is 5.29. The fraction of sp³-hybridized carbons (Fsp3) is 0.636. The SMILES string of the molecule is Cc1cc(N)nc(COC2CCCC2)n1. The van der Waals surface area contributed by atoms with Crippen LogP contribution in [0.5, 0.6) is 0 Å². The van der Waals surface area contributed by atoms with Crippen LogP contribution >= 0.6 is 0 Å². The summed E-state index contributed by atoms with van der Waals surface area (Å²) in [6.45, 7) is 2.40. The Hall–Kier alpha value is -1.16. The second kappa shape index (κ2) is 4.57. The summed E-state index contributed by atoms with van der Waals surface area (Å²) in [5.41, 5.74) is 6.53. The lowest BCUT2D eigenvalue weighted by Crippen LogP contribution is -2.10. The van der Waals surface area contributed by atoms with Crippen LogP contribution in [0.4, 0.5) is 5.82 Å². The van der Waals surface area contributed by atoms with E-state index in [1.165, 1.54) is 25.7 Å². The number of aryl methyl sites for hydroxylation is 1. The van der Waals surface area contributed by atoms with Crippen LogP contribution in [-0.2, 0) is 11.3 Å². The highest BCUT2D eigenvalue weighted by Gasteiger charge is 2.15. The number of hydrogen-bond donors (Lipinski definition) is 1. The largest absolute Gasteiger partial charge is 0.384 e. The molecule has 1 heterocycles. The maximum atomic E-state index is 5.72. The molecule has 1 aliphatic carbocycles. The molecule has 0 atom stereocenters. The maximum absolute atomic E-state index is 5.72. The zero-order valence-electron chi connectivity index (χ0n) is 9.07. The molecule has 1 aromatic rings. The van der Waals surface area contributed by atoms with Gasteiger partial charge in [-0.1, -0.05) is 12.8 Å². The molecule has 1 aliphatic rings. The minimum Gasteiger partial charge on any atom is -0.384 e. The third-order valence-electron chi connectivity index (χ3n) is 2.67. The quantitative estimate of drug-likeness (QED) is 0.821. The van der Waals surface area contributed by atoms with E-state index in [0.29, 0.717) is 24.4 Å². The Labute approximate surface area is 89.9 Å². The molecule has 1 saturated carbocycles. The Morgan fingerprint density at radius 2 is 2.13 bits per heavy atom. The van der Waals surface area contributed by atoms with E-state index in [9.17, 15) is 0 Å². The van der Waals surface area contributed by atoms with E-state index in [1.807, 2.05) is 6.92 Å². The Kier molecular flexibility index (Phi) is 3.16. The van der Waals surface area contributed by atoms with Gasteiger partial charge in [0, 0.05) is 11.8 Å². The molecule has 0 radical (unpaired) electrons. The molecule has 1 aromatic heterocycles. The van der Waals surface area contributed by atoms with E-state index in [0.717, 1.165) is 5.69 Å². The summed E-state index contributed by atoms with van der Waals surface area (Å²) in [5, 5.41) is 0. The van der Waals surface area contributed by atoms with Crippen molar-refractivity contribution in [2.75, 3.05) is 5.73 Å². The number of anilines is 1. The van der Waals surface area contributed by atoms with Gasteiger partial charge in [0.1, 0.15) is 12.4 Å². The van der Waals surface area contributed by atoms with Gasteiger partial charge in [-0.2, -0.15) is 0 Å². The second-order valence-electron chi connectivity index (χ2n) is 4.07. The van der Waals surface area contributed by atoms with Crippen LogP contribution in [0.1, 0.15) is 37.2 Å². The molecule has 4 heteroatoms. The molecule has 1 fully saturated rings. The van der Waals surface area contributed by atoms with Crippen molar-refractivity contribution in [1.29, 1.82) is 0 Å². The van der Waals surface area contributed by atoms with Crippen molar-refractivity contribution in [1.82, 2.24) is 9.97 Å². The number of nitrogen functional groups attached to an aromatic ring is 1. The first-order valence-corrected chi connectivity index (χ1v) is 5.45. The van der Waals surface area contributed by atoms with Crippen molar-refractivity contribution >= 4 is 5.82 Å². The average Bonchev–Trinajstić information content (AvgIpc) is 2.65. The zero-order valence-corrected chi connectivity index (χ0v) is 9.07. The summed E-state index contributed by atoms with van der Waals surface area (Å²) < 4.78 is 5.72. The highest BCUT2D eigenvalue weighted by atomic mass is 16.5. The molecule has 15 heavy (non-hydrogen) atoms. The summed E-state index contributed by atoms with van der Waals surface area (Å²) in [7, 11) is 0. The number of hydrogen-bond acceptors (Lipinski definition) is 4. The molecule has 0 unspecified atom stereocenters.